The minimum absolute atomic E-state index is 0.167. The van der Waals surface area contributed by atoms with Gasteiger partial charge >= 0.3 is 0 Å². The maximum Gasteiger partial charge on any atom is 0.201 e. The molecule has 0 amide bonds. The van der Waals surface area contributed by atoms with Gasteiger partial charge in [-0.15, -0.1) is 0 Å². The fourth-order valence-corrected chi connectivity index (χ4v) is 2.33. The Hall–Kier alpha value is -2.07. The molecule has 3 aromatic heterocycles. The van der Waals surface area contributed by atoms with Crippen molar-refractivity contribution in [2.45, 2.75) is 20.0 Å². The minimum atomic E-state index is -0.167. The second kappa shape index (κ2) is 5.13. The Balaban J connectivity index is 2.00. The zero-order valence-electron chi connectivity index (χ0n) is 11.2. The number of rotatable bonds is 3. The van der Waals surface area contributed by atoms with Gasteiger partial charge in [0.25, 0.3) is 0 Å². The third-order valence-electron chi connectivity index (χ3n) is 3.12. The van der Waals surface area contributed by atoms with E-state index in [1.807, 2.05) is 42.5 Å². The second-order valence-corrected chi connectivity index (χ2v) is 5.06. The monoisotopic (exact) mass is 287 g/mol. The topological polar surface area (TPSA) is 39.4 Å². The molecule has 0 saturated heterocycles. The van der Waals surface area contributed by atoms with Gasteiger partial charge in [0.1, 0.15) is 11.8 Å². The van der Waals surface area contributed by atoms with Gasteiger partial charge in [0.15, 0.2) is 0 Å². The van der Waals surface area contributed by atoms with Crippen LogP contribution < -0.4 is 4.74 Å². The van der Waals surface area contributed by atoms with Crippen molar-refractivity contribution in [2.24, 2.45) is 0 Å². The Kier molecular flexibility index (Phi) is 3.32. The van der Waals surface area contributed by atoms with Crippen molar-refractivity contribution in [1.29, 1.82) is 0 Å². The SMILES string of the molecule is Cc1cnc2cc(Cl)cc(OC(C)c3ccccn3)n12. The molecule has 102 valence electrons. The lowest BCUT2D eigenvalue weighted by Crippen LogP contribution is -2.08. The number of hydrogen-bond acceptors (Lipinski definition) is 3. The van der Waals surface area contributed by atoms with E-state index in [-0.39, 0.29) is 6.10 Å². The average molecular weight is 288 g/mol. The molecule has 20 heavy (non-hydrogen) atoms. The summed E-state index contributed by atoms with van der Waals surface area (Å²) in [5.41, 5.74) is 2.65. The van der Waals surface area contributed by atoms with Crippen molar-refractivity contribution in [3.05, 3.63) is 59.1 Å². The van der Waals surface area contributed by atoms with Crippen LogP contribution in [0.25, 0.3) is 5.65 Å². The highest BCUT2D eigenvalue weighted by Crippen LogP contribution is 2.26. The Morgan fingerprint density at radius 2 is 2.10 bits per heavy atom. The van der Waals surface area contributed by atoms with E-state index < -0.39 is 0 Å². The van der Waals surface area contributed by atoms with Gasteiger partial charge in [0.2, 0.25) is 5.88 Å². The Morgan fingerprint density at radius 3 is 2.85 bits per heavy atom. The summed E-state index contributed by atoms with van der Waals surface area (Å²) < 4.78 is 7.95. The number of aromatic nitrogens is 3. The van der Waals surface area contributed by atoms with Crippen LogP contribution in [0.3, 0.4) is 0 Å². The molecular weight excluding hydrogens is 274 g/mol. The Labute approximate surface area is 122 Å². The van der Waals surface area contributed by atoms with Gasteiger partial charge in [-0.05, 0) is 26.0 Å². The fraction of sp³-hybridized carbons (Fsp3) is 0.200. The normalized spacial score (nSPS) is 12.6. The lowest BCUT2D eigenvalue weighted by atomic mass is 10.2. The average Bonchev–Trinajstić information content (AvgIpc) is 2.81. The lowest BCUT2D eigenvalue weighted by molar-refractivity contribution is 0.209. The summed E-state index contributed by atoms with van der Waals surface area (Å²) in [5.74, 6) is 0.667. The zero-order valence-corrected chi connectivity index (χ0v) is 12.0. The first kappa shape index (κ1) is 12.9. The quantitative estimate of drug-likeness (QED) is 0.735. The first-order valence-electron chi connectivity index (χ1n) is 6.36. The summed E-state index contributed by atoms with van der Waals surface area (Å²) in [6, 6.07) is 9.37. The van der Waals surface area contributed by atoms with Crippen molar-refractivity contribution >= 4 is 17.2 Å². The number of pyridine rings is 2. The number of fused-ring (bicyclic) bond motifs is 1. The first-order chi connectivity index (χ1) is 9.65. The standard InChI is InChI=1S/C15H14ClN3O/c1-10-9-18-14-7-12(16)8-15(19(10)14)20-11(2)13-5-3-4-6-17-13/h3-9,11H,1-2H3. The fourth-order valence-electron chi connectivity index (χ4n) is 2.14. The van der Waals surface area contributed by atoms with E-state index in [0.29, 0.717) is 10.9 Å². The number of aryl methyl sites for hydroxylation is 1. The molecule has 4 nitrogen and oxygen atoms in total. The van der Waals surface area contributed by atoms with Gasteiger partial charge < -0.3 is 4.74 Å². The van der Waals surface area contributed by atoms with Gasteiger partial charge in [0.05, 0.1) is 5.69 Å². The van der Waals surface area contributed by atoms with Crippen LogP contribution in [0, 0.1) is 6.92 Å². The van der Waals surface area contributed by atoms with E-state index in [0.717, 1.165) is 17.0 Å². The highest BCUT2D eigenvalue weighted by atomic mass is 35.5. The Bertz CT molecular complexity index is 739. The second-order valence-electron chi connectivity index (χ2n) is 4.62. The summed E-state index contributed by atoms with van der Waals surface area (Å²) >= 11 is 6.11. The maximum atomic E-state index is 6.11. The molecular formula is C15H14ClN3O. The van der Waals surface area contributed by atoms with Crippen molar-refractivity contribution in [2.75, 3.05) is 0 Å². The molecule has 1 unspecified atom stereocenters. The highest BCUT2D eigenvalue weighted by Gasteiger charge is 2.13. The third-order valence-corrected chi connectivity index (χ3v) is 3.33. The van der Waals surface area contributed by atoms with Gasteiger partial charge in [-0.2, -0.15) is 0 Å². The van der Waals surface area contributed by atoms with Crippen LogP contribution in [-0.4, -0.2) is 14.4 Å². The van der Waals surface area contributed by atoms with Gasteiger partial charge in [-0.1, -0.05) is 17.7 Å². The third kappa shape index (κ3) is 2.34. The molecule has 3 rings (SSSR count). The van der Waals surface area contributed by atoms with E-state index in [2.05, 4.69) is 9.97 Å². The number of hydrogen-bond donors (Lipinski definition) is 0. The van der Waals surface area contributed by atoms with E-state index in [4.69, 9.17) is 16.3 Å². The number of halogens is 1. The molecule has 0 spiro atoms. The van der Waals surface area contributed by atoms with Crippen LogP contribution in [0.1, 0.15) is 24.4 Å². The number of nitrogens with zero attached hydrogens (tertiary/aromatic N) is 3. The summed E-state index contributed by atoms with van der Waals surface area (Å²) in [6.45, 7) is 3.94. The lowest BCUT2D eigenvalue weighted by Gasteiger charge is -2.16. The first-order valence-corrected chi connectivity index (χ1v) is 6.74. The molecule has 0 aliphatic carbocycles. The van der Waals surface area contributed by atoms with Crippen LogP contribution >= 0.6 is 11.6 Å². The maximum absolute atomic E-state index is 6.11. The predicted octanol–water partition coefficient (Wildman–Crippen LogP) is 3.83. The predicted molar refractivity (Wildman–Crippen MR) is 78.2 cm³/mol. The molecule has 0 aromatic carbocycles. The summed E-state index contributed by atoms with van der Waals surface area (Å²) in [7, 11) is 0. The van der Waals surface area contributed by atoms with Gasteiger partial charge in [0, 0.05) is 35.2 Å². The largest absolute Gasteiger partial charge is 0.469 e. The molecule has 0 aliphatic rings. The van der Waals surface area contributed by atoms with E-state index in [1.54, 1.807) is 18.5 Å². The number of imidazole rings is 1. The van der Waals surface area contributed by atoms with Gasteiger partial charge in [-0.25, -0.2) is 4.98 Å². The Morgan fingerprint density at radius 1 is 1.25 bits per heavy atom. The highest BCUT2D eigenvalue weighted by molar-refractivity contribution is 6.31. The van der Waals surface area contributed by atoms with Crippen LogP contribution in [0.4, 0.5) is 0 Å². The molecule has 0 radical (unpaired) electrons. The molecule has 5 heteroatoms. The van der Waals surface area contributed by atoms with Gasteiger partial charge in [-0.3, -0.25) is 9.38 Å². The smallest absolute Gasteiger partial charge is 0.201 e. The van der Waals surface area contributed by atoms with Crippen LogP contribution in [0.15, 0.2) is 42.7 Å². The van der Waals surface area contributed by atoms with Crippen molar-refractivity contribution < 1.29 is 4.74 Å². The number of ether oxygens (including phenoxy) is 1. The molecule has 0 fully saturated rings. The van der Waals surface area contributed by atoms with Crippen molar-refractivity contribution in [3.63, 3.8) is 0 Å². The van der Waals surface area contributed by atoms with E-state index in [1.165, 1.54) is 0 Å². The van der Waals surface area contributed by atoms with E-state index >= 15 is 0 Å². The molecule has 0 N–H and O–H groups in total. The molecule has 1 atom stereocenters. The molecule has 3 aromatic rings. The summed E-state index contributed by atoms with van der Waals surface area (Å²) in [4.78, 5) is 8.61. The molecule has 0 saturated carbocycles. The summed E-state index contributed by atoms with van der Waals surface area (Å²) in [5, 5.41) is 0.603. The van der Waals surface area contributed by atoms with Crippen LogP contribution in [0.2, 0.25) is 5.02 Å². The molecule has 0 bridgehead atoms. The van der Waals surface area contributed by atoms with Crippen molar-refractivity contribution in [1.82, 2.24) is 14.4 Å². The zero-order chi connectivity index (χ0) is 14.1. The summed E-state index contributed by atoms with van der Waals surface area (Å²) in [6.07, 6.45) is 3.38. The molecule has 0 aliphatic heterocycles. The van der Waals surface area contributed by atoms with E-state index in [9.17, 15) is 0 Å². The van der Waals surface area contributed by atoms with Crippen LogP contribution in [0.5, 0.6) is 5.88 Å². The minimum Gasteiger partial charge on any atom is -0.469 e. The molecule has 3 heterocycles. The van der Waals surface area contributed by atoms with Crippen LogP contribution in [-0.2, 0) is 0 Å². The van der Waals surface area contributed by atoms with Crippen molar-refractivity contribution in [3.8, 4) is 5.88 Å².